The Balaban J connectivity index is 2.04. The van der Waals surface area contributed by atoms with Gasteiger partial charge in [-0.25, -0.2) is 0 Å². The fourth-order valence-electron chi connectivity index (χ4n) is 2.26. The summed E-state index contributed by atoms with van der Waals surface area (Å²) in [5, 5.41) is 10.8. The minimum atomic E-state index is -0.519. The van der Waals surface area contributed by atoms with Crippen molar-refractivity contribution in [2.24, 2.45) is 0 Å². The summed E-state index contributed by atoms with van der Waals surface area (Å²) in [5.74, 6) is 0.341. The zero-order chi connectivity index (χ0) is 17.5. The van der Waals surface area contributed by atoms with E-state index in [0.29, 0.717) is 11.3 Å². The minimum Gasteiger partial charge on any atom is -0.493 e. The number of ether oxygens (including phenoxy) is 2. The van der Waals surface area contributed by atoms with Gasteiger partial charge in [0.1, 0.15) is 0 Å². The maximum Gasteiger partial charge on any atom is 0.273 e. The summed E-state index contributed by atoms with van der Waals surface area (Å²) in [7, 11) is 1.39. The summed E-state index contributed by atoms with van der Waals surface area (Å²) in [6.45, 7) is 1.94. The smallest absolute Gasteiger partial charge is 0.273 e. The van der Waals surface area contributed by atoms with E-state index < -0.39 is 4.92 Å². The lowest BCUT2D eigenvalue weighted by Gasteiger charge is -2.10. The molecule has 0 spiro atoms. The maximum atomic E-state index is 12.2. The number of nitrogens with zero attached hydrogens (tertiary/aromatic N) is 1. The van der Waals surface area contributed by atoms with Crippen LogP contribution in [-0.4, -0.2) is 24.4 Å². The van der Waals surface area contributed by atoms with E-state index in [-0.39, 0.29) is 23.8 Å². The largest absolute Gasteiger partial charge is 0.493 e. The van der Waals surface area contributed by atoms with Crippen molar-refractivity contribution in [2.45, 2.75) is 19.8 Å². The molecule has 0 aliphatic carbocycles. The van der Waals surface area contributed by atoms with E-state index in [9.17, 15) is 14.9 Å². The van der Waals surface area contributed by atoms with Gasteiger partial charge in [-0.05, 0) is 18.1 Å². The van der Waals surface area contributed by atoms with Crippen LogP contribution in [0, 0.1) is 10.1 Å². The number of benzene rings is 2. The first-order valence-electron chi connectivity index (χ1n) is 7.62. The molecular formula is C18H19NO5. The molecule has 2 aromatic carbocycles. The maximum absolute atomic E-state index is 12.2. The number of aryl methyl sites for hydroxylation is 1. The Hall–Kier alpha value is -2.89. The van der Waals surface area contributed by atoms with Gasteiger partial charge < -0.3 is 9.47 Å². The van der Waals surface area contributed by atoms with E-state index >= 15 is 0 Å². The van der Waals surface area contributed by atoms with Gasteiger partial charge in [-0.3, -0.25) is 14.9 Å². The summed E-state index contributed by atoms with van der Waals surface area (Å²) in [4.78, 5) is 22.4. The van der Waals surface area contributed by atoms with Crippen molar-refractivity contribution in [1.82, 2.24) is 0 Å². The van der Waals surface area contributed by atoms with E-state index in [1.807, 2.05) is 12.1 Å². The molecule has 0 saturated carbocycles. The van der Waals surface area contributed by atoms with E-state index in [0.717, 1.165) is 12.8 Å². The van der Waals surface area contributed by atoms with Gasteiger partial charge in [-0.2, -0.15) is 0 Å². The predicted molar refractivity (Wildman–Crippen MR) is 89.9 cm³/mol. The lowest BCUT2D eigenvalue weighted by molar-refractivity contribution is -0.384. The molecule has 6 nitrogen and oxygen atoms in total. The van der Waals surface area contributed by atoms with Gasteiger partial charge in [-0.15, -0.1) is 0 Å². The van der Waals surface area contributed by atoms with Crippen LogP contribution < -0.4 is 9.47 Å². The molecule has 0 N–H and O–H groups in total. The van der Waals surface area contributed by atoms with Gasteiger partial charge in [0.05, 0.1) is 18.1 Å². The highest BCUT2D eigenvalue weighted by Crippen LogP contribution is 2.31. The van der Waals surface area contributed by atoms with Crippen LogP contribution in [0.4, 0.5) is 5.69 Å². The van der Waals surface area contributed by atoms with Crippen molar-refractivity contribution in [1.29, 1.82) is 0 Å². The second-order valence-corrected chi connectivity index (χ2v) is 5.25. The highest BCUT2D eigenvalue weighted by atomic mass is 16.6. The predicted octanol–water partition coefficient (Wildman–Crippen LogP) is 3.82. The van der Waals surface area contributed by atoms with Gasteiger partial charge in [0.2, 0.25) is 0 Å². The van der Waals surface area contributed by atoms with Crippen molar-refractivity contribution in [3.63, 3.8) is 0 Å². The third kappa shape index (κ3) is 4.32. The third-order valence-electron chi connectivity index (χ3n) is 3.53. The molecule has 24 heavy (non-hydrogen) atoms. The van der Waals surface area contributed by atoms with E-state index in [4.69, 9.17) is 9.47 Å². The number of carbonyl (C=O) groups excluding carboxylic acids is 1. The first-order valence-corrected chi connectivity index (χ1v) is 7.62. The number of methoxy groups -OCH3 is 1. The molecule has 6 heteroatoms. The van der Waals surface area contributed by atoms with Crippen LogP contribution in [-0.2, 0) is 6.42 Å². The summed E-state index contributed by atoms with van der Waals surface area (Å²) in [6.07, 6.45) is 2.03. The van der Waals surface area contributed by atoms with Crippen LogP contribution in [0.1, 0.15) is 29.3 Å². The fourth-order valence-corrected chi connectivity index (χ4v) is 2.26. The standard InChI is InChI=1S/C18H19NO5/c1-3-4-13-5-7-14(8-6-13)16(20)12-24-17-10-9-15(19(21)22)11-18(17)23-2/h5-11H,3-4,12H2,1-2H3. The van der Waals surface area contributed by atoms with Gasteiger partial charge in [0.15, 0.2) is 23.9 Å². The first-order chi connectivity index (χ1) is 11.5. The SMILES string of the molecule is CCCc1ccc(C(=O)COc2ccc([N+](=O)[O-])cc2OC)cc1. The molecule has 0 aliphatic rings. The lowest BCUT2D eigenvalue weighted by atomic mass is 10.1. The van der Waals surface area contributed by atoms with E-state index in [1.54, 1.807) is 12.1 Å². The molecule has 0 heterocycles. The molecule has 0 atom stereocenters. The topological polar surface area (TPSA) is 78.7 Å². The fraction of sp³-hybridized carbons (Fsp3) is 0.278. The van der Waals surface area contributed by atoms with E-state index in [1.165, 1.54) is 30.9 Å². The van der Waals surface area contributed by atoms with Crippen LogP contribution in [0.5, 0.6) is 11.5 Å². The van der Waals surface area contributed by atoms with Gasteiger partial charge in [-0.1, -0.05) is 37.6 Å². The van der Waals surface area contributed by atoms with Crippen molar-refractivity contribution in [2.75, 3.05) is 13.7 Å². The average Bonchev–Trinajstić information content (AvgIpc) is 2.60. The monoisotopic (exact) mass is 329 g/mol. The Labute approximate surface area is 140 Å². The molecule has 126 valence electrons. The Bertz CT molecular complexity index is 725. The Morgan fingerprint density at radius 2 is 1.83 bits per heavy atom. The van der Waals surface area contributed by atoms with Crippen LogP contribution in [0.25, 0.3) is 0 Å². The molecule has 0 saturated heterocycles. The summed E-state index contributed by atoms with van der Waals surface area (Å²) in [5.41, 5.74) is 1.65. The van der Waals surface area contributed by atoms with Gasteiger partial charge >= 0.3 is 0 Å². The Morgan fingerprint density at radius 1 is 1.12 bits per heavy atom. The van der Waals surface area contributed by atoms with Crippen molar-refractivity contribution < 1.29 is 19.2 Å². The average molecular weight is 329 g/mol. The lowest BCUT2D eigenvalue weighted by Crippen LogP contribution is -2.12. The molecule has 0 radical (unpaired) electrons. The molecule has 0 bridgehead atoms. The highest BCUT2D eigenvalue weighted by molar-refractivity contribution is 5.97. The summed E-state index contributed by atoms with van der Waals surface area (Å²) >= 11 is 0. The van der Waals surface area contributed by atoms with Crippen molar-refractivity contribution >= 4 is 11.5 Å². The van der Waals surface area contributed by atoms with Crippen molar-refractivity contribution in [3.8, 4) is 11.5 Å². The van der Waals surface area contributed by atoms with Crippen molar-refractivity contribution in [3.05, 3.63) is 63.7 Å². The minimum absolute atomic E-state index is 0.1000. The third-order valence-corrected chi connectivity index (χ3v) is 3.53. The normalized spacial score (nSPS) is 10.2. The Kier molecular flexibility index (Phi) is 5.89. The summed E-state index contributed by atoms with van der Waals surface area (Å²) < 4.78 is 10.5. The number of Topliss-reactive ketones (excluding diaryl/α,β-unsaturated/α-hetero) is 1. The molecule has 2 aromatic rings. The molecular weight excluding hydrogens is 310 g/mol. The zero-order valence-corrected chi connectivity index (χ0v) is 13.7. The number of non-ortho nitro benzene ring substituents is 1. The molecule has 2 rings (SSSR count). The van der Waals surface area contributed by atoms with Crippen LogP contribution >= 0.6 is 0 Å². The van der Waals surface area contributed by atoms with Gasteiger partial charge in [0, 0.05) is 11.6 Å². The quantitative estimate of drug-likeness (QED) is 0.418. The molecule has 0 aliphatic heterocycles. The van der Waals surface area contributed by atoms with Crippen LogP contribution in [0.15, 0.2) is 42.5 Å². The number of nitro benzene ring substituents is 1. The molecule has 0 fully saturated rings. The van der Waals surface area contributed by atoms with E-state index in [2.05, 4.69) is 6.92 Å². The molecule has 0 unspecified atom stereocenters. The second kappa shape index (κ2) is 8.10. The number of carbonyl (C=O) groups is 1. The number of hydrogen-bond acceptors (Lipinski definition) is 5. The zero-order valence-electron chi connectivity index (χ0n) is 13.7. The second-order valence-electron chi connectivity index (χ2n) is 5.25. The first kappa shape index (κ1) is 17.5. The van der Waals surface area contributed by atoms with Gasteiger partial charge in [0.25, 0.3) is 5.69 Å². The number of ketones is 1. The highest BCUT2D eigenvalue weighted by Gasteiger charge is 2.14. The number of hydrogen-bond donors (Lipinski definition) is 0. The molecule has 0 aromatic heterocycles. The number of rotatable bonds is 8. The molecule has 0 amide bonds. The number of nitro groups is 1. The van der Waals surface area contributed by atoms with Crippen LogP contribution in [0.3, 0.4) is 0 Å². The Morgan fingerprint density at radius 3 is 2.42 bits per heavy atom. The van der Waals surface area contributed by atoms with Crippen LogP contribution in [0.2, 0.25) is 0 Å². The summed E-state index contributed by atoms with van der Waals surface area (Å²) in [6, 6.07) is 11.4.